The third-order valence-electron chi connectivity index (χ3n) is 3.94. The summed E-state index contributed by atoms with van der Waals surface area (Å²) in [4.78, 5) is 11.9. The summed E-state index contributed by atoms with van der Waals surface area (Å²) in [5, 5.41) is 6.87. The van der Waals surface area contributed by atoms with Crippen LogP contribution in [-0.2, 0) is 19.4 Å². The highest BCUT2D eigenvalue weighted by Crippen LogP contribution is 2.20. The van der Waals surface area contributed by atoms with Crippen molar-refractivity contribution in [2.75, 3.05) is 6.54 Å². The molecule has 0 unspecified atom stereocenters. The van der Waals surface area contributed by atoms with Gasteiger partial charge in [0, 0.05) is 12.2 Å². The summed E-state index contributed by atoms with van der Waals surface area (Å²) in [5.41, 5.74) is 1.93. The fourth-order valence-corrected chi connectivity index (χ4v) is 2.83. The third kappa shape index (κ3) is 2.86. The fourth-order valence-electron chi connectivity index (χ4n) is 2.83. The zero-order valence-corrected chi connectivity index (χ0v) is 12.1. The Balaban J connectivity index is 1.61. The number of benzene rings is 1. The monoisotopic (exact) mass is 305 g/mol. The second kappa shape index (κ2) is 6.25. The standard InChI is InChI=1S/C16H17F2N3O/c17-12-5-3-6-13(18)15(12)16(22)19-8-9-21-14-7-2-1-4-11(14)10-20-21/h3,5-6,10H,1-2,4,7-9H2,(H,19,22). The topological polar surface area (TPSA) is 46.9 Å². The lowest BCUT2D eigenvalue weighted by molar-refractivity contribution is 0.0943. The Morgan fingerprint density at radius 3 is 2.73 bits per heavy atom. The van der Waals surface area contributed by atoms with Gasteiger partial charge in [-0.15, -0.1) is 0 Å². The molecule has 3 rings (SSSR count). The van der Waals surface area contributed by atoms with Crippen LogP contribution in [0.3, 0.4) is 0 Å². The van der Waals surface area contributed by atoms with E-state index in [1.54, 1.807) is 0 Å². The Labute approximate surface area is 127 Å². The quantitative estimate of drug-likeness (QED) is 0.943. The van der Waals surface area contributed by atoms with E-state index in [9.17, 15) is 13.6 Å². The van der Waals surface area contributed by atoms with E-state index in [1.807, 2.05) is 10.9 Å². The molecule has 1 aromatic heterocycles. The fraction of sp³-hybridized carbons (Fsp3) is 0.375. The molecule has 4 nitrogen and oxygen atoms in total. The third-order valence-corrected chi connectivity index (χ3v) is 3.94. The molecule has 2 aromatic rings. The van der Waals surface area contributed by atoms with Gasteiger partial charge in [-0.3, -0.25) is 9.48 Å². The number of nitrogens with zero attached hydrogens (tertiary/aromatic N) is 2. The van der Waals surface area contributed by atoms with Crippen molar-refractivity contribution < 1.29 is 13.6 Å². The van der Waals surface area contributed by atoms with Crippen molar-refractivity contribution in [2.24, 2.45) is 0 Å². The van der Waals surface area contributed by atoms with E-state index >= 15 is 0 Å². The van der Waals surface area contributed by atoms with Gasteiger partial charge in [0.2, 0.25) is 0 Å². The van der Waals surface area contributed by atoms with Crippen LogP contribution in [-0.4, -0.2) is 22.2 Å². The van der Waals surface area contributed by atoms with E-state index in [1.165, 1.54) is 23.7 Å². The van der Waals surface area contributed by atoms with Gasteiger partial charge in [0.1, 0.15) is 17.2 Å². The minimum Gasteiger partial charge on any atom is -0.350 e. The zero-order valence-electron chi connectivity index (χ0n) is 12.1. The highest BCUT2D eigenvalue weighted by atomic mass is 19.1. The maximum atomic E-state index is 13.5. The highest BCUT2D eigenvalue weighted by Gasteiger charge is 2.17. The number of fused-ring (bicyclic) bond motifs is 1. The van der Waals surface area contributed by atoms with Crippen LogP contribution in [0.25, 0.3) is 0 Å². The number of rotatable bonds is 4. The molecule has 22 heavy (non-hydrogen) atoms. The predicted octanol–water partition coefficient (Wildman–Crippen LogP) is 2.47. The largest absolute Gasteiger partial charge is 0.350 e. The van der Waals surface area contributed by atoms with Crippen molar-refractivity contribution in [3.8, 4) is 0 Å². The van der Waals surface area contributed by atoms with E-state index in [4.69, 9.17) is 0 Å². The van der Waals surface area contributed by atoms with Gasteiger partial charge >= 0.3 is 0 Å². The van der Waals surface area contributed by atoms with Crippen LogP contribution in [0, 0.1) is 11.6 Å². The average molecular weight is 305 g/mol. The molecule has 1 N–H and O–H groups in total. The molecular formula is C16H17F2N3O. The van der Waals surface area contributed by atoms with Crippen molar-refractivity contribution >= 4 is 5.91 Å². The Morgan fingerprint density at radius 2 is 1.95 bits per heavy atom. The normalized spacial score (nSPS) is 13.7. The van der Waals surface area contributed by atoms with E-state index in [-0.39, 0.29) is 6.54 Å². The molecule has 0 spiro atoms. The predicted molar refractivity (Wildman–Crippen MR) is 77.6 cm³/mol. The summed E-state index contributed by atoms with van der Waals surface area (Å²) in [6, 6.07) is 3.38. The van der Waals surface area contributed by atoms with E-state index in [2.05, 4.69) is 10.4 Å². The van der Waals surface area contributed by atoms with Crippen molar-refractivity contribution in [3.63, 3.8) is 0 Å². The number of carbonyl (C=O) groups excluding carboxylic acids is 1. The number of aromatic nitrogens is 2. The molecule has 1 aliphatic rings. The minimum atomic E-state index is -0.853. The van der Waals surface area contributed by atoms with Crippen molar-refractivity contribution in [1.29, 1.82) is 0 Å². The van der Waals surface area contributed by atoms with Gasteiger partial charge < -0.3 is 5.32 Å². The van der Waals surface area contributed by atoms with Crippen LogP contribution in [0.5, 0.6) is 0 Å². The summed E-state index contributed by atoms with van der Waals surface area (Å²) >= 11 is 0. The summed E-state index contributed by atoms with van der Waals surface area (Å²) < 4.78 is 28.9. The van der Waals surface area contributed by atoms with Crippen LogP contribution in [0.4, 0.5) is 8.78 Å². The van der Waals surface area contributed by atoms with Gasteiger partial charge in [-0.05, 0) is 43.4 Å². The first-order valence-electron chi connectivity index (χ1n) is 7.42. The molecule has 1 aromatic carbocycles. The molecule has 0 fully saturated rings. The van der Waals surface area contributed by atoms with Crippen LogP contribution in [0.15, 0.2) is 24.4 Å². The number of hydrogen-bond donors (Lipinski definition) is 1. The van der Waals surface area contributed by atoms with Crippen LogP contribution in [0.2, 0.25) is 0 Å². The molecule has 0 aliphatic heterocycles. The Bertz CT molecular complexity index is 676. The number of hydrogen-bond acceptors (Lipinski definition) is 2. The molecule has 0 bridgehead atoms. The summed E-state index contributed by atoms with van der Waals surface area (Å²) in [5.74, 6) is -2.44. The SMILES string of the molecule is O=C(NCCn1ncc2c1CCCC2)c1c(F)cccc1F. The molecule has 0 saturated carbocycles. The van der Waals surface area contributed by atoms with Crippen LogP contribution >= 0.6 is 0 Å². The zero-order chi connectivity index (χ0) is 15.5. The maximum Gasteiger partial charge on any atom is 0.257 e. The Kier molecular flexibility index (Phi) is 4.18. The van der Waals surface area contributed by atoms with Gasteiger partial charge in [0.25, 0.3) is 5.91 Å². The molecule has 6 heteroatoms. The molecule has 0 saturated heterocycles. The molecular weight excluding hydrogens is 288 g/mol. The number of amides is 1. The number of halogens is 2. The molecule has 0 atom stereocenters. The maximum absolute atomic E-state index is 13.5. The Morgan fingerprint density at radius 1 is 1.23 bits per heavy atom. The lowest BCUT2D eigenvalue weighted by Crippen LogP contribution is -2.29. The van der Waals surface area contributed by atoms with Gasteiger partial charge in [-0.2, -0.15) is 5.10 Å². The Hall–Kier alpha value is -2.24. The number of aryl methyl sites for hydroxylation is 1. The molecule has 1 heterocycles. The molecule has 0 radical (unpaired) electrons. The van der Waals surface area contributed by atoms with E-state index < -0.39 is 23.1 Å². The first kappa shape index (κ1) is 14.7. The summed E-state index contributed by atoms with van der Waals surface area (Å²) in [6.45, 7) is 0.776. The lowest BCUT2D eigenvalue weighted by atomic mass is 9.98. The van der Waals surface area contributed by atoms with Gasteiger partial charge in [0.15, 0.2) is 0 Å². The summed E-state index contributed by atoms with van der Waals surface area (Å²) in [6.07, 6.45) is 6.23. The van der Waals surface area contributed by atoms with Crippen molar-refractivity contribution in [2.45, 2.75) is 32.2 Å². The van der Waals surface area contributed by atoms with Gasteiger partial charge in [-0.1, -0.05) is 6.07 Å². The average Bonchev–Trinajstić information content (AvgIpc) is 2.91. The minimum absolute atomic E-state index is 0.278. The van der Waals surface area contributed by atoms with E-state index in [0.717, 1.165) is 31.4 Å². The lowest BCUT2D eigenvalue weighted by Gasteiger charge is -2.14. The number of carbonyl (C=O) groups is 1. The molecule has 1 aliphatic carbocycles. The first-order valence-corrected chi connectivity index (χ1v) is 7.42. The van der Waals surface area contributed by atoms with E-state index in [0.29, 0.717) is 6.54 Å². The highest BCUT2D eigenvalue weighted by molar-refractivity contribution is 5.94. The molecule has 116 valence electrons. The smallest absolute Gasteiger partial charge is 0.257 e. The molecule has 1 amide bonds. The van der Waals surface area contributed by atoms with Crippen LogP contribution < -0.4 is 5.32 Å². The number of nitrogens with one attached hydrogen (secondary N) is 1. The second-order valence-electron chi connectivity index (χ2n) is 5.40. The summed E-state index contributed by atoms with van der Waals surface area (Å²) in [7, 11) is 0. The van der Waals surface area contributed by atoms with Gasteiger partial charge in [-0.25, -0.2) is 8.78 Å². The van der Waals surface area contributed by atoms with Crippen molar-refractivity contribution in [3.05, 3.63) is 52.9 Å². The van der Waals surface area contributed by atoms with Crippen molar-refractivity contribution in [1.82, 2.24) is 15.1 Å². The second-order valence-corrected chi connectivity index (χ2v) is 5.40. The van der Waals surface area contributed by atoms with Gasteiger partial charge in [0.05, 0.1) is 12.7 Å². The first-order chi connectivity index (χ1) is 10.7. The van der Waals surface area contributed by atoms with Crippen LogP contribution in [0.1, 0.15) is 34.5 Å².